The van der Waals surface area contributed by atoms with Crippen molar-refractivity contribution in [3.63, 3.8) is 0 Å². The van der Waals surface area contributed by atoms with E-state index in [1.807, 2.05) is 6.07 Å². The van der Waals surface area contributed by atoms with Crippen LogP contribution in [0.3, 0.4) is 0 Å². The van der Waals surface area contributed by atoms with Gasteiger partial charge >= 0.3 is 0 Å². The number of likely N-dealkylation sites (N-methyl/N-ethyl adjacent to an activating group) is 1. The van der Waals surface area contributed by atoms with Crippen LogP contribution < -0.4 is 11.1 Å². The van der Waals surface area contributed by atoms with Crippen molar-refractivity contribution in [2.45, 2.75) is 45.2 Å². The molecule has 0 saturated heterocycles. The predicted octanol–water partition coefficient (Wildman–Crippen LogP) is 2.56. The number of rotatable bonds is 7. The molecular weight excluding hydrogens is 298 g/mol. The van der Waals surface area contributed by atoms with Crippen LogP contribution in [0.15, 0.2) is 30.3 Å². The van der Waals surface area contributed by atoms with Crippen molar-refractivity contribution in [3.05, 3.63) is 35.9 Å². The molecule has 1 aromatic carbocycles. The minimum atomic E-state index is 0.0249. The van der Waals surface area contributed by atoms with Crippen LogP contribution in [0.1, 0.15) is 44.7 Å². The molecule has 0 spiro atoms. The maximum atomic E-state index is 12.8. The van der Waals surface area contributed by atoms with E-state index in [2.05, 4.69) is 48.3 Å². The molecule has 3 rings (SSSR count). The summed E-state index contributed by atoms with van der Waals surface area (Å²) in [6.45, 7) is 6.95. The third kappa shape index (κ3) is 3.35. The first-order chi connectivity index (χ1) is 11.7. The van der Waals surface area contributed by atoms with Crippen molar-refractivity contribution in [1.82, 2.24) is 10.2 Å². The average molecular weight is 329 g/mol. The molecule has 5 atom stereocenters. The van der Waals surface area contributed by atoms with Crippen LogP contribution in [0.25, 0.3) is 0 Å². The van der Waals surface area contributed by atoms with Gasteiger partial charge in [-0.25, -0.2) is 0 Å². The second kappa shape index (κ2) is 7.66. The Kier molecular flexibility index (Phi) is 5.57. The number of carbonyl (C=O) groups excluding carboxylic acids is 1. The van der Waals surface area contributed by atoms with E-state index in [9.17, 15) is 4.79 Å². The lowest BCUT2D eigenvalue weighted by molar-refractivity contribution is -0.127. The number of amides is 1. The first kappa shape index (κ1) is 17.4. The molecule has 1 aromatic rings. The maximum Gasteiger partial charge on any atom is 0.225 e. The highest BCUT2D eigenvalue weighted by Crippen LogP contribution is 2.47. The fourth-order valence-corrected chi connectivity index (χ4v) is 4.84. The number of nitrogens with zero attached hydrogens (tertiary/aromatic N) is 1. The van der Waals surface area contributed by atoms with E-state index in [1.165, 1.54) is 18.4 Å². The number of carbonyl (C=O) groups is 1. The number of benzene rings is 1. The molecule has 132 valence electrons. The number of nitrogens with one attached hydrogen (secondary N) is 1. The van der Waals surface area contributed by atoms with Crippen molar-refractivity contribution in [1.29, 1.82) is 0 Å². The summed E-state index contributed by atoms with van der Waals surface area (Å²) in [5.41, 5.74) is 7.59. The van der Waals surface area contributed by atoms with E-state index in [0.29, 0.717) is 18.4 Å². The zero-order valence-corrected chi connectivity index (χ0v) is 14.9. The van der Waals surface area contributed by atoms with Crippen molar-refractivity contribution in [3.8, 4) is 0 Å². The monoisotopic (exact) mass is 329 g/mol. The molecule has 2 fully saturated rings. The van der Waals surface area contributed by atoms with Gasteiger partial charge in [0.1, 0.15) is 0 Å². The molecule has 5 unspecified atom stereocenters. The van der Waals surface area contributed by atoms with Gasteiger partial charge in [-0.3, -0.25) is 9.69 Å². The largest absolute Gasteiger partial charge is 0.354 e. The first-order valence-corrected chi connectivity index (χ1v) is 9.48. The molecule has 0 aliphatic heterocycles. The Balaban J connectivity index is 1.66. The standard InChI is InChI=1S/C20H31N3O/c1-3-23(4-2)17(14-8-6-5-7-9-14)13-22-20(24)18-15-10-11-16(12-15)19(18)21/h5-9,15-19H,3-4,10-13,21H2,1-2H3,(H,22,24). The van der Waals surface area contributed by atoms with Gasteiger partial charge in [-0.05, 0) is 49.8 Å². The van der Waals surface area contributed by atoms with E-state index in [-0.39, 0.29) is 23.9 Å². The van der Waals surface area contributed by atoms with E-state index >= 15 is 0 Å². The van der Waals surface area contributed by atoms with Gasteiger partial charge in [0.2, 0.25) is 5.91 Å². The molecular formula is C20H31N3O. The van der Waals surface area contributed by atoms with Crippen molar-refractivity contribution in [2.75, 3.05) is 19.6 Å². The molecule has 2 aliphatic rings. The van der Waals surface area contributed by atoms with Crippen molar-refractivity contribution >= 4 is 5.91 Å². The smallest absolute Gasteiger partial charge is 0.225 e. The van der Waals surface area contributed by atoms with Crippen molar-refractivity contribution < 1.29 is 4.79 Å². The highest BCUT2D eigenvalue weighted by molar-refractivity contribution is 5.80. The van der Waals surface area contributed by atoms with Crippen LogP contribution in [0.5, 0.6) is 0 Å². The summed E-state index contributed by atoms with van der Waals surface area (Å²) < 4.78 is 0. The van der Waals surface area contributed by atoms with Crippen LogP contribution in [0, 0.1) is 17.8 Å². The fraction of sp³-hybridized carbons (Fsp3) is 0.650. The SMILES string of the molecule is CCN(CC)C(CNC(=O)C1C2CCC(C2)C1N)c1ccccc1. The van der Waals surface area contributed by atoms with Gasteiger partial charge in [0.25, 0.3) is 0 Å². The molecule has 2 bridgehead atoms. The normalized spacial score (nSPS) is 29.8. The Hall–Kier alpha value is -1.39. The Morgan fingerprint density at radius 3 is 2.46 bits per heavy atom. The van der Waals surface area contributed by atoms with Gasteiger partial charge in [-0.1, -0.05) is 44.2 Å². The average Bonchev–Trinajstić information content (AvgIpc) is 3.20. The molecule has 3 N–H and O–H groups in total. The topological polar surface area (TPSA) is 58.4 Å². The van der Waals surface area contributed by atoms with Gasteiger partial charge in [0.05, 0.1) is 12.0 Å². The predicted molar refractivity (Wildman–Crippen MR) is 97.4 cm³/mol. The first-order valence-electron chi connectivity index (χ1n) is 9.48. The maximum absolute atomic E-state index is 12.8. The lowest BCUT2D eigenvalue weighted by Gasteiger charge is -2.32. The lowest BCUT2D eigenvalue weighted by Crippen LogP contribution is -2.47. The minimum absolute atomic E-state index is 0.0249. The molecule has 2 aliphatic carbocycles. The summed E-state index contributed by atoms with van der Waals surface area (Å²) in [7, 11) is 0. The summed E-state index contributed by atoms with van der Waals surface area (Å²) in [5.74, 6) is 1.27. The molecule has 0 heterocycles. The number of hydrogen-bond acceptors (Lipinski definition) is 3. The number of fused-ring (bicyclic) bond motifs is 2. The number of nitrogens with two attached hydrogens (primary N) is 1. The van der Waals surface area contributed by atoms with Gasteiger partial charge in [0, 0.05) is 12.6 Å². The van der Waals surface area contributed by atoms with Crippen LogP contribution in [0.2, 0.25) is 0 Å². The Morgan fingerprint density at radius 1 is 1.21 bits per heavy atom. The quantitative estimate of drug-likeness (QED) is 0.808. The molecule has 24 heavy (non-hydrogen) atoms. The zero-order chi connectivity index (χ0) is 17.1. The van der Waals surface area contributed by atoms with E-state index in [0.717, 1.165) is 19.5 Å². The fourth-order valence-electron chi connectivity index (χ4n) is 4.84. The van der Waals surface area contributed by atoms with Crippen LogP contribution in [-0.2, 0) is 4.79 Å². The van der Waals surface area contributed by atoms with E-state index < -0.39 is 0 Å². The summed E-state index contributed by atoms with van der Waals surface area (Å²) >= 11 is 0. The number of hydrogen-bond donors (Lipinski definition) is 2. The summed E-state index contributed by atoms with van der Waals surface area (Å²) in [6.07, 6.45) is 3.54. The second-order valence-electron chi connectivity index (χ2n) is 7.33. The van der Waals surface area contributed by atoms with Gasteiger partial charge in [-0.15, -0.1) is 0 Å². The van der Waals surface area contributed by atoms with Crippen LogP contribution in [-0.4, -0.2) is 36.5 Å². The highest BCUT2D eigenvalue weighted by atomic mass is 16.2. The van der Waals surface area contributed by atoms with Crippen molar-refractivity contribution in [2.24, 2.45) is 23.5 Å². The van der Waals surface area contributed by atoms with Gasteiger partial charge < -0.3 is 11.1 Å². The van der Waals surface area contributed by atoms with E-state index in [4.69, 9.17) is 5.73 Å². The Morgan fingerprint density at radius 2 is 1.88 bits per heavy atom. The Bertz CT molecular complexity index is 541. The lowest BCUT2D eigenvalue weighted by atomic mass is 9.84. The third-order valence-electron chi connectivity index (χ3n) is 6.19. The van der Waals surface area contributed by atoms with Crippen LogP contribution >= 0.6 is 0 Å². The van der Waals surface area contributed by atoms with Gasteiger partial charge in [-0.2, -0.15) is 0 Å². The molecule has 2 saturated carbocycles. The molecule has 0 radical (unpaired) electrons. The molecule has 1 amide bonds. The summed E-state index contributed by atoms with van der Waals surface area (Å²) in [5, 5.41) is 3.23. The van der Waals surface area contributed by atoms with Gasteiger partial charge in [0.15, 0.2) is 0 Å². The molecule has 0 aromatic heterocycles. The zero-order valence-electron chi connectivity index (χ0n) is 14.9. The highest BCUT2D eigenvalue weighted by Gasteiger charge is 2.49. The third-order valence-corrected chi connectivity index (χ3v) is 6.19. The second-order valence-corrected chi connectivity index (χ2v) is 7.33. The molecule has 4 heteroatoms. The Labute approximate surface area is 145 Å². The molecule has 4 nitrogen and oxygen atoms in total. The van der Waals surface area contributed by atoms with Crippen LogP contribution in [0.4, 0.5) is 0 Å². The summed E-state index contributed by atoms with van der Waals surface area (Å²) in [4.78, 5) is 15.2. The summed E-state index contributed by atoms with van der Waals surface area (Å²) in [6, 6.07) is 10.8. The minimum Gasteiger partial charge on any atom is -0.354 e. The van der Waals surface area contributed by atoms with E-state index in [1.54, 1.807) is 0 Å².